The van der Waals surface area contributed by atoms with Gasteiger partial charge < -0.3 is 14.6 Å². The van der Waals surface area contributed by atoms with Gasteiger partial charge in [-0.05, 0) is 50.5 Å². The van der Waals surface area contributed by atoms with Gasteiger partial charge in [-0.15, -0.1) is 0 Å². The number of likely N-dealkylation sites (tertiary alicyclic amines) is 1. The molecule has 2 N–H and O–H groups in total. The third-order valence-electron chi connectivity index (χ3n) is 5.62. The lowest BCUT2D eigenvalue weighted by molar-refractivity contribution is -0.127. The highest BCUT2D eigenvalue weighted by atomic mass is 16.3. The molecule has 1 atom stereocenters. The van der Waals surface area contributed by atoms with Gasteiger partial charge in [-0.25, -0.2) is 4.79 Å². The summed E-state index contributed by atoms with van der Waals surface area (Å²) in [6.45, 7) is 7.17. The van der Waals surface area contributed by atoms with Crippen molar-refractivity contribution in [2.45, 2.75) is 52.0 Å². The van der Waals surface area contributed by atoms with Crippen LogP contribution >= 0.6 is 0 Å². The normalized spacial score (nSPS) is 24.1. The van der Waals surface area contributed by atoms with Gasteiger partial charge in [0.05, 0.1) is 6.26 Å². The number of hydrogen-bond acceptors (Lipinski definition) is 4. The van der Waals surface area contributed by atoms with Gasteiger partial charge in [-0.3, -0.25) is 14.9 Å². The van der Waals surface area contributed by atoms with Crippen LogP contribution in [-0.2, 0) is 4.79 Å². The van der Waals surface area contributed by atoms with Crippen molar-refractivity contribution >= 4 is 17.8 Å². The van der Waals surface area contributed by atoms with Crippen LogP contribution in [0, 0.1) is 18.8 Å². The Morgan fingerprint density at radius 1 is 1.35 bits per heavy atom. The highest BCUT2D eigenvalue weighted by Crippen LogP contribution is 2.35. The van der Waals surface area contributed by atoms with E-state index >= 15 is 0 Å². The smallest absolute Gasteiger partial charge is 0.322 e. The molecule has 7 heteroatoms. The van der Waals surface area contributed by atoms with Gasteiger partial charge in [-0.1, -0.05) is 13.8 Å². The monoisotopic (exact) mass is 361 g/mol. The molecule has 0 saturated carbocycles. The van der Waals surface area contributed by atoms with Crippen LogP contribution in [0.25, 0.3) is 0 Å². The number of hydrogen-bond donors (Lipinski definition) is 2. The van der Waals surface area contributed by atoms with E-state index in [1.165, 1.54) is 6.26 Å². The third-order valence-corrected chi connectivity index (χ3v) is 5.62. The molecule has 2 fully saturated rings. The number of aryl methyl sites for hydroxylation is 1. The molecule has 3 heterocycles. The second kappa shape index (κ2) is 7.13. The van der Waals surface area contributed by atoms with E-state index in [0.717, 1.165) is 12.0 Å². The molecule has 2 aliphatic heterocycles. The zero-order valence-corrected chi connectivity index (χ0v) is 15.6. The van der Waals surface area contributed by atoms with Crippen LogP contribution in [0.4, 0.5) is 4.79 Å². The summed E-state index contributed by atoms with van der Waals surface area (Å²) in [5, 5.41) is 5.31. The summed E-state index contributed by atoms with van der Waals surface area (Å²) in [5.41, 5.74) is -0.0233. The molecule has 0 bridgehead atoms. The van der Waals surface area contributed by atoms with E-state index in [2.05, 4.69) is 24.5 Å². The maximum atomic E-state index is 12.6. The number of piperidine rings is 1. The van der Waals surface area contributed by atoms with E-state index in [0.29, 0.717) is 44.0 Å². The van der Waals surface area contributed by atoms with E-state index in [-0.39, 0.29) is 17.7 Å². The number of furan rings is 1. The zero-order valence-electron chi connectivity index (χ0n) is 15.6. The van der Waals surface area contributed by atoms with Gasteiger partial charge >= 0.3 is 6.03 Å². The van der Waals surface area contributed by atoms with Crippen molar-refractivity contribution in [3.8, 4) is 0 Å². The molecular weight excluding hydrogens is 334 g/mol. The fourth-order valence-electron chi connectivity index (χ4n) is 4.00. The molecule has 1 unspecified atom stereocenters. The quantitative estimate of drug-likeness (QED) is 0.788. The van der Waals surface area contributed by atoms with Crippen molar-refractivity contribution in [1.29, 1.82) is 0 Å². The molecule has 0 aromatic carbocycles. The Kier molecular flexibility index (Phi) is 5.07. The Morgan fingerprint density at radius 3 is 2.54 bits per heavy atom. The fourth-order valence-corrected chi connectivity index (χ4v) is 4.00. The minimum absolute atomic E-state index is 0.0226. The van der Waals surface area contributed by atoms with E-state index in [1.54, 1.807) is 11.0 Å². The topological polar surface area (TPSA) is 91.7 Å². The summed E-state index contributed by atoms with van der Waals surface area (Å²) in [6, 6.07) is 1.36. The van der Waals surface area contributed by atoms with Crippen molar-refractivity contribution in [2.75, 3.05) is 13.1 Å². The standard InChI is InChI=1S/C19H27N3O4/c1-12(2)4-8-19(17(24)20-18(25)21-19)14-5-9-22(10-6-14)16(23)15-13(3)7-11-26-15/h7,11-12,14H,4-6,8-10H2,1-3H3,(H2,20,21,24,25). The first kappa shape index (κ1) is 18.5. The van der Waals surface area contributed by atoms with Gasteiger partial charge in [0.15, 0.2) is 5.76 Å². The number of nitrogens with zero attached hydrogens (tertiary/aromatic N) is 1. The van der Waals surface area contributed by atoms with Crippen molar-refractivity contribution in [3.05, 3.63) is 23.7 Å². The average Bonchev–Trinajstić information content (AvgIpc) is 3.15. The maximum absolute atomic E-state index is 12.6. The Labute approximate surface area is 153 Å². The van der Waals surface area contributed by atoms with E-state index in [9.17, 15) is 14.4 Å². The van der Waals surface area contributed by atoms with Crippen LogP contribution in [0.2, 0.25) is 0 Å². The summed E-state index contributed by atoms with van der Waals surface area (Å²) in [6.07, 6.45) is 4.36. The summed E-state index contributed by atoms with van der Waals surface area (Å²) in [4.78, 5) is 38.8. The van der Waals surface area contributed by atoms with Gasteiger partial charge in [-0.2, -0.15) is 0 Å². The summed E-state index contributed by atoms with van der Waals surface area (Å²) >= 11 is 0. The Balaban J connectivity index is 1.70. The second-order valence-corrected chi connectivity index (χ2v) is 7.81. The molecule has 0 radical (unpaired) electrons. The molecule has 2 aliphatic rings. The van der Waals surface area contributed by atoms with Crippen molar-refractivity contribution in [3.63, 3.8) is 0 Å². The molecule has 142 valence electrons. The lowest BCUT2D eigenvalue weighted by atomic mass is 9.74. The fraction of sp³-hybridized carbons (Fsp3) is 0.632. The molecule has 4 amide bonds. The molecule has 2 saturated heterocycles. The SMILES string of the molecule is Cc1ccoc1C(=O)N1CCC(C2(CCC(C)C)NC(=O)NC2=O)CC1. The van der Waals surface area contributed by atoms with E-state index in [1.807, 2.05) is 6.92 Å². The minimum Gasteiger partial charge on any atom is -0.459 e. The maximum Gasteiger partial charge on any atom is 0.322 e. The average molecular weight is 361 g/mol. The second-order valence-electron chi connectivity index (χ2n) is 7.81. The summed E-state index contributed by atoms with van der Waals surface area (Å²) < 4.78 is 5.31. The molecular formula is C19H27N3O4. The highest BCUT2D eigenvalue weighted by molar-refractivity contribution is 6.07. The van der Waals surface area contributed by atoms with Gasteiger partial charge in [0.25, 0.3) is 11.8 Å². The molecule has 7 nitrogen and oxygen atoms in total. The summed E-state index contributed by atoms with van der Waals surface area (Å²) in [7, 11) is 0. The van der Waals surface area contributed by atoms with Crippen LogP contribution in [0.5, 0.6) is 0 Å². The number of carbonyl (C=O) groups is 3. The number of amides is 4. The third kappa shape index (κ3) is 3.34. The molecule has 3 rings (SSSR count). The van der Waals surface area contributed by atoms with Crippen molar-refractivity contribution in [1.82, 2.24) is 15.5 Å². The van der Waals surface area contributed by atoms with Crippen molar-refractivity contribution < 1.29 is 18.8 Å². The van der Waals surface area contributed by atoms with Crippen molar-refractivity contribution in [2.24, 2.45) is 11.8 Å². The van der Waals surface area contributed by atoms with Crippen LogP contribution in [-0.4, -0.2) is 41.4 Å². The number of nitrogens with one attached hydrogen (secondary N) is 2. The largest absolute Gasteiger partial charge is 0.459 e. The highest BCUT2D eigenvalue weighted by Gasteiger charge is 2.52. The zero-order chi connectivity index (χ0) is 18.9. The molecule has 1 aromatic heterocycles. The van der Waals surface area contributed by atoms with Crippen LogP contribution in [0.15, 0.2) is 16.7 Å². The lowest BCUT2D eigenvalue weighted by Gasteiger charge is -2.40. The summed E-state index contributed by atoms with van der Waals surface area (Å²) in [5.74, 6) is 0.511. The predicted octanol–water partition coefficient (Wildman–Crippen LogP) is 2.45. The predicted molar refractivity (Wildman–Crippen MR) is 95.5 cm³/mol. The Morgan fingerprint density at radius 2 is 2.04 bits per heavy atom. The Hall–Kier alpha value is -2.31. The first-order valence-electron chi connectivity index (χ1n) is 9.30. The van der Waals surface area contributed by atoms with Crippen LogP contribution in [0.1, 0.15) is 55.6 Å². The van der Waals surface area contributed by atoms with Gasteiger partial charge in [0, 0.05) is 18.7 Å². The van der Waals surface area contributed by atoms with Crippen LogP contribution < -0.4 is 10.6 Å². The first-order valence-corrected chi connectivity index (χ1v) is 9.30. The van der Waals surface area contributed by atoms with Crippen LogP contribution in [0.3, 0.4) is 0 Å². The molecule has 0 aliphatic carbocycles. The number of rotatable bonds is 5. The van der Waals surface area contributed by atoms with Gasteiger partial charge in [0.1, 0.15) is 5.54 Å². The first-order chi connectivity index (χ1) is 12.3. The minimum atomic E-state index is -0.850. The molecule has 26 heavy (non-hydrogen) atoms. The number of urea groups is 1. The van der Waals surface area contributed by atoms with E-state index < -0.39 is 11.6 Å². The lowest BCUT2D eigenvalue weighted by Crippen LogP contribution is -2.56. The molecule has 0 spiro atoms. The van der Waals surface area contributed by atoms with E-state index in [4.69, 9.17) is 4.42 Å². The number of imide groups is 1. The Bertz CT molecular complexity index is 703. The van der Waals surface area contributed by atoms with Gasteiger partial charge in [0.2, 0.25) is 0 Å². The number of carbonyl (C=O) groups excluding carboxylic acids is 3. The molecule has 1 aromatic rings.